The molecule has 2 heterocycles. The monoisotopic (exact) mass is 295 g/mol. The van der Waals surface area contributed by atoms with Gasteiger partial charge in [-0.15, -0.1) is 0 Å². The molecule has 0 unspecified atom stereocenters. The van der Waals surface area contributed by atoms with E-state index < -0.39 is 0 Å². The fourth-order valence-corrected chi connectivity index (χ4v) is 3.98. The van der Waals surface area contributed by atoms with E-state index in [4.69, 9.17) is 0 Å². The van der Waals surface area contributed by atoms with Gasteiger partial charge in [0.15, 0.2) is 0 Å². The summed E-state index contributed by atoms with van der Waals surface area (Å²) in [5.74, 6) is 0. The van der Waals surface area contributed by atoms with E-state index in [1.54, 1.807) is 0 Å². The zero-order chi connectivity index (χ0) is 15.1. The molecule has 0 saturated carbocycles. The number of nitrogens with zero attached hydrogens (tertiary/aromatic N) is 3. The highest BCUT2D eigenvalue weighted by atomic mass is 15.3. The van der Waals surface area contributed by atoms with Crippen molar-refractivity contribution in [3.63, 3.8) is 0 Å². The van der Waals surface area contributed by atoms with Crippen molar-refractivity contribution in [2.24, 2.45) is 0 Å². The topological polar surface area (TPSA) is 9.72 Å². The quantitative estimate of drug-likeness (QED) is 0.637. The molecular formula is C18H37N3. The molecule has 2 rings (SSSR count). The van der Waals surface area contributed by atoms with E-state index in [0.29, 0.717) is 0 Å². The summed E-state index contributed by atoms with van der Waals surface area (Å²) in [5.41, 5.74) is 0. The third kappa shape index (κ3) is 5.54. The summed E-state index contributed by atoms with van der Waals surface area (Å²) in [6.45, 7) is 16.1. The summed E-state index contributed by atoms with van der Waals surface area (Å²) in [7, 11) is 0. The summed E-state index contributed by atoms with van der Waals surface area (Å²) in [6.07, 6.45) is 8.43. The van der Waals surface area contributed by atoms with Gasteiger partial charge in [-0.25, -0.2) is 0 Å². The molecule has 2 fully saturated rings. The van der Waals surface area contributed by atoms with Crippen molar-refractivity contribution in [2.75, 3.05) is 45.8 Å². The van der Waals surface area contributed by atoms with Gasteiger partial charge in [0.1, 0.15) is 0 Å². The van der Waals surface area contributed by atoms with Gasteiger partial charge >= 0.3 is 0 Å². The number of hydrogen-bond acceptors (Lipinski definition) is 3. The minimum absolute atomic E-state index is 0.721. The molecule has 1 atom stereocenters. The minimum atomic E-state index is 0.721. The third-order valence-electron chi connectivity index (χ3n) is 5.53. The molecule has 0 radical (unpaired) electrons. The van der Waals surface area contributed by atoms with Gasteiger partial charge in [-0.3, -0.25) is 4.90 Å². The summed E-state index contributed by atoms with van der Waals surface area (Å²) in [4.78, 5) is 8.01. The largest absolute Gasteiger partial charge is 0.301 e. The van der Waals surface area contributed by atoms with Crippen LogP contribution in [0.15, 0.2) is 0 Å². The van der Waals surface area contributed by atoms with Crippen LogP contribution < -0.4 is 0 Å². The number of likely N-dealkylation sites (tertiary alicyclic amines) is 1. The molecule has 21 heavy (non-hydrogen) atoms. The SMILES string of the molecule is CC[C@H]1CCCN1CCCCCN1CCN(C(C)C)CC1. The van der Waals surface area contributed by atoms with E-state index >= 15 is 0 Å². The molecule has 3 heteroatoms. The van der Waals surface area contributed by atoms with Crippen molar-refractivity contribution in [1.29, 1.82) is 0 Å². The zero-order valence-corrected chi connectivity index (χ0v) is 14.7. The normalized spacial score (nSPS) is 26.0. The molecule has 0 amide bonds. The third-order valence-corrected chi connectivity index (χ3v) is 5.53. The molecule has 0 aromatic heterocycles. The smallest absolute Gasteiger partial charge is 0.0113 e. The zero-order valence-electron chi connectivity index (χ0n) is 14.7. The maximum atomic E-state index is 2.74. The van der Waals surface area contributed by atoms with Gasteiger partial charge in [-0.2, -0.15) is 0 Å². The Bertz CT molecular complexity index is 272. The predicted molar refractivity (Wildman–Crippen MR) is 91.9 cm³/mol. The summed E-state index contributed by atoms with van der Waals surface area (Å²) in [6, 6.07) is 1.62. The Morgan fingerprint density at radius 1 is 0.905 bits per heavy atom. The Balaban J connectivity index is 1.49. The second-order valence-electron chi connectivity index (χ2n) is 7.27. The standard InChI is InChI=1S/C18H37N3/c1-4-18-9-8-12-21(18)11-7-5-6-10-19-13-15-20(16-14-19)17(2)3/h17-18H,4-16H2,1-3H3/t18-/m0/s1. The molecular weight excluding hydrogens is 258 g/mol. The van der Waals surface area contributed by atoms with E-state index in [2.05, 4.69) is 35.5 Å². The molecule has 124 valence electrons. The Labute approximate surface area is 132 Å². The first-order chi connectivity index (χ1) is 10.2. The van der Waals surface area contributed by atoms with E-state index in [9.17, 15) is 0 Å². The van der Waals surface area contributed by atoms with Crippen molar-refractivity contribution in [3.8, 4) is 0 Å². The summed E-state index contributed by atoms with van der Waals surface area (Å²) < 4.78 is 0. The Morgan fingerprint density at radius 3 is 2.29 bits per heavy atom. The molecule has 0 aliphatic carbocycles. The second kappa shape index (κ2) is 9.12. The van der Waals surface area contributed by atoms with Crippen LogP contribution in [0.3, 0.4) is 0 Å². The van der Waals surface area contributed by atoms with Gasteiger partial charge in [0, 0.05) is 38.3 Å². The maximum absolute atomic E-state index is 2.74. The Hall–Kier alpha value is -0.120. The summed E-state index contributed by atoms with van der Waals surface area (Å²) in [5, 5.41) is 0. The van der Waals surface area contributed by atoms with Gasteiger partial charge < -0.3 is 9.80 Å². The molecule has 0 N–H and O–H groups in total. The molecule has 2 aliphatic heterocycles. The molecule has 2 saturated heterocycles. The van der Waals surface area contributed by atoms with Crippen LogP contribution in [-0.2, 0) is 0 Å². The van der Waals surface area contributed by atoms with Crippen molar-refractivity contribution < 1.29 is 0 Å². The van der Waals surface area contributed by atoms with Crippen molar-refractivity contribution in [2.45, 2.75) is 71.4 Å². The van der Waals surface area contributed by atoms with Gasteiger partial charge in [0.2, 0.25) is 0 Å². The highest BCUT2D eigenvalue weighted by Gasteiger charge is 2.22. The van der Waals surface area contributed by atoms with E-state index in [1.165, 1.54) is 84.3 Å². The Morgan fingerprint density at radius 2 is 1.62 bits per heavy atom. The number of piperazine rings is 1. The first kappa shape index (κ1) is 17.2. The predicted octanol–water partition coefficient (Wildman–Crippen LogP) is 3.06. The minimum Gasteiger partial charge on any atom is -0.301 e. The van der Waals surface area contributed by atoms with Crippen LogP contribution in [0.4, 0.5) is 0 Å². The van der Waals surface area contributed by atoms with E-state index in [-0.39, 0.29) is 0 Å². The van der Waals surface area contributed by atoms with Crippen molar-refractivity contribution >= 4 is 0 Å². The van der Waals surface area contributed by atoms with Gasteiger partial charge in [0.05, 0.1) is 0 Å². The lowest BCUT2D eigenvalue weighted by molar-refractivity contribution is 0.107. The molecule has 0 bridgehead atoms. The fourth-order valence-electron chi connectivity index (χ4n) is 3.98. The second-order valence-corrected chi connectivity index (χ2v) is 7.27. The average molecular weight is 296 g/mol. The van der Waals surface area contributed by atoms with Crippen LogP contribution in [0.1, 0.15) is 59.3 Å². The molecule has 3 nitrogen and oxygen atoms in total. The lowest BCUT2D eigenvalue weighted by Gasteiger charge is -2.37. The maximum Gasteiger partial charge on any atom is 0.0113 e. The number of hydrogen-bond donors (Lipinski definition) is 0. The summed E-state index contributed by atoms with van der Waals surface area (Å²) >= 11 is 0. The lowest BCUT2D eigenvalue weighted by atomic mass is 10.1. The number of rotatable bonds is 8. The molecule has 0 spiro atoms. The van der Waals surface area contributed by atoms with Crippen LogP contribution in [-0.4, -0.2) is 72.6 Å². The van der Waals surface area contributed by atoms with Crippen molar-refractivity contribution in [1.82, 2.24) is 14.7 Å². The lowest BCUT2D eigenvalue weighted by Crippen LogP contribution is -2.48. The van der Waals surface area contributed by atoms with E-state index in [0.717, 1.165) is 12.1 Å². The average Bonchev–Trinajstić information content (AvgIpc) is 2.95. The van der Waals surface area contributed by atoms with Gasteiger partial charge in [-0.05, 0) is 65.6 Å². The molecule has 0 aromatic rings. The molecule has 2 aliphatic rings. The first-order valence-electron chi connectivity index (χ1n) is 9.41. The fraction of sp³-hybridized carbons (Fsp3) is 1.00. The first-order valence-corrected chi connectivity index (χ1v) is 9.41. The highest BCUT2D eigenvalue weighted by Crippen LogP contribution is 2.20. The Kier molecular flexibility index (Phi) is 7.48. The van der Waals surface area contributed by atoms with E-state index in [1.807, 2.05) is 0 Å². The van der Waals surface area contributed by atoms with Crippen LogP contribution in [0.2, 0.25) is 0 Å². The highest BCUT2D eigenvalue weighted by molar-refractivity contribution is 4.78. The van der Waals surface area contributed by atoms with Crippen LogP contribution in [0, 0.1) is 0 Å². The van der Waals surface area contributed by atoms with Gasteiger partial charge in [0.25, 0.3) is 0 Å². The molecule has 0 aromatic carbocycles. The van der Waals surface area contributed by atoms with Crippen molar-refractivity contribution in [3.05, 3.63) is 0 Å². The number of unbranched alkanes of at least 4 members (excludes halogenated alkanes) is 2. The van der Waals surface area contributed by atoms with Crippen LogP contribution in [0.25, 0.3) is 0 Å². The van der Waals surface area contributed by atoms with Crippen LogP contribution in [0.5, 0.6) is 0 Å². The van der Waals surface area contributed by atoms with Gasteiger partial charge in [-0.1, -0.05) is 13.3 Å². The van der Waals surface area contributed by atoms with Crippen LogP contribution >= 0.6 is 0 Å².